The highest BCUT2D eigenvalue weighted by Gasteiger charge is 2.30. The van der Waals surface area contributed by atoms with E-state index in [0.29, 0.717) is 10.6 Å². The third-order valence-corrected chi connectivity index (χ3v) is 5.26. The fraction of sp³-hybridized carbons (Fsp3) is 0.238. The van der Waals surface area contributed by atoms with Gasteiger partial charge in [-0.05, 0) is 23.8 Å². The summed E-state index contributed by atoms with van der Waals surface area (Å²) in [4.78, 5) is 39.0. The summed E-state index contributed by atoms with van der Waals surface area (Å²) in [5, 5.41) is 7.36. The molecule has 4 rings (SSSR count). The van der Waals surface area contributed by atoms with E-state index in [1.165, 1.54) is 15.5 Å². The molecule has 1 aliphatic rings. The Hall–Kier alpha value is -3.46. The Kier molecular flexibility index (Phi) is 5.85. The van der Waals surface area contributed by atoms with Gasteiger partial charge in [-0.25, -0.2) is 13.9 Å². The molecule has 0 aliphatic carbocycles. The van der Waals surface area contributed by atoms with Gasteiger partial charge >= 0.3 is 5.69 Å². The second kappa shape index (κ2) is 8.73. The number of aromatic nitrogens is 3. The molecule has 31 heavy (non-hydrogen) atoms. The highest BCUT2D eigenvalue weighted by molar-refractivity contribution is 6.30. The minimum atomic E-state index is -0.532. The van der Waals surface area contributed by atoms with Gasteiger partial charge < -0.3 is 10.2 Å². The van der Waals surface area contributed by atoms with Crippen molar-refractivity contribution >= 4 is 23.4 Å². The first-order chi connectivity index (χ1) is 14.9. The largest absolute Gasteiger partial charge is 0.350 e. The number of carbonyl (C=O) groups is 2. The summed E-state index contributed by atoms with van der Waals surface area (Å²) in [5.41, 5.74) is 0.705. The van der Waals surface area contributed by atoms with Crippen molar-refractivity contribution in [1.29, 1.82) is 0 Å². The molecule has 1 aliphatic heterocycles. The number of carbonyl (C=O) groups excluding carboxylic acids is 2. The smallest absolute Gasteiger partial charge is 0.346 e. The molecule has 2 aromatic carbocycles. The van der Waals surface area contributed by atoms with Crippen LogP contribution in [-0.2, 0) is 31.0 Å². The molecular weight excluding hydrogens is 425 g/mol. The Morgan fingerprint density at radius 2 is 1.84 bits per heavy atom. The average Bonchev–Trinajstić information content (AvgIpc) is 3.07. The molecular formula is C21H19ClFN5O3. The molecule has 0 bridgehead atoms. The Morgan fingerprint density at radius 1 is 1.10 bits per heavy atom. The molecule has 0 saturated heterocycles. The van der Waals surface area contributed by atoms with Gasteiger partial charge in [-0.1, -0.05) is 41.9 Å². The summed E-state index contributed by atoms with van der Waals surface area (Å²) in [5.74, 6) is -1.35. The average molecular weight is 444 g/mol. The lowest BCUT2D eigenvalue weighted by Gasteiger charge is -2.26. The third-order valence-electron chi connectivity index (χ3n) is 5.01. The van der Waals surface area contributed by atoms with Crippen molar-refractivity contribution in [3.63, 3.8) is 0 Å². The van der Waals surface area contributed by atoms with Crippen LogP contribution in [0.2, 0.25) is 5.02 Å². The van der Waals surface area contributed by atoms with E-state index in [-0.39, 0.29) is 38.5 Å². The standard InChI is InChI=1S/C21H19ClFN5O3/c22-16-7-5-14(6-8-16)11-24-18(29)13-28-21(31)27-10-9-26(20(30)19(27)25-28)12-15-3-1-2-4-17(15)23/h1-8H,9-13H2,(H,24,29). The Bertz CT molecular complexity index is 1190. The van der Waals surface area contributed by atoms with Gasteiger partial charge in [-0.3, -0.25) is 14.2 Å². The molecule has 0 fully saturated rings. The second-order valence-electron chi connectivity index (χ2n) is 7.14. The minimum absolute atomic E-state index is 0.0573. The predicted octanol–water partition coefficient (Wildman–Crippen LogP) is 1.81. The van der Waals surface area contributed by atoms with Gasteiger partial charge in [-0.15, -0.1) is 5.10 Å². The number of hydrogen-bond donors (Lipinski definition) is 1. The van der Waals surface area contributed by atoms with Crippen LogP contribution in [0.3, 0.4) is 0 Å². The maximum absolute atomic E-state index is 13.9. The highest BCUT2D eigenvalue weighted by Crippen LogP contribution is 2.15. The lowest BCUT2D eigenvalue weighted by molar-refractivity contribution is -0.122. The molecule has 0 atom stereocenters. The van der Waals surface area contributed by atoms with E-state index in [4.69, 9.17) is 11.6 Å². The van der Waals surface area contributed by atoms with Crippen molar-refractivity contribution in [3.8, 4) is 0 Å². The molecule has 0 spiro atoms. The zero-order valence-corrected chi connectivity index (χ0v) is 17.2. The van der Waals surface area contributed by atoms with Crippen molar-refractivity contribution in [2.45, 2.75) is 26.2 Å². The number of nitrogens with zero attached hydrogens (tertiary/aromatic N) is 4. The van der Waals surface area contributed by atoms with Gasteiger partial charge in [-0.2, -0.15) is 0 Å². The summed E-state index contributed by atoms with van der Waals surface area (Å²) < 4.78 is 16.1. The Morgan fingerprint density at radius 3 is 2.58 bits per heavy atom. The minimum Gasteiger partial charge on any atom is -0.350 e. The van der Waals surface area contributed by atoms with Crippen LogP contribution in [0, 0.1) is 5.82 Å². The first-order valence-electron chi connectivity index (χ1n) is 9.64. The molecule has 2 heterocycles. The first-order valence-corrected chi connectivity index (χ1v) is 10.0. The number of halogens is 2. The van der Waals surface area contributed by atoms with Crippen LogP contribution in [-0.4, -0.2) is 37.6 Å². The van der Waals surface area contributed by atoms with Gasteiger partial charge in [0, 0.05) is 36.8 Å². The van der Waals surface area contributed by atoms with Gasteiger partial charge in [0.15, 0.2) is 0 Å². The number of rotatable bonds is 6. The van der Waals surface area contributed by atoms with Gasteiger partial charge in [0.25, 0.3) is 5.91 Å². The van der Waals surface area contributed by atoms with Crippen LogP contribution in [0.1, 0.15) is 21.7 Å². The zero-order chi connectivity index (χ0) is 22.0. The number of nitrogens with one attached hydrogen (secondary N) is 1. The fourth-order valence-electron chi connectivity index (χ4n) is 3.35. The maximum Gasteiger partial charge on any atom is 0.346 e. The summed E-state index contributed by atoms with van der Waals surface area (Å²) in [6.07, 6.45) is 0. The second-order valence-corrected chi connectivity index (χ2v) is 7.57. The zero-order valence-electron chi connectivity index (χ0n) is 16.4. The van der Waals surface area contributed by atoms with Crippen molar-refractivity contribution in [3.05, 3.63) is 86.8 Å². The Balaban J connectivity index is 1.43. The SMILES string of the molecule is O=C(Cn1nc2n(c1=O)CCN(Cc1ccccc1F)C2=O)NCc1ccc(Cl)cc1. The van der Waals surface area contributed by atoms with Crippen LogP contribution in [0.4, 0.5) is 4.39 Å². The van der Waals surface area contributed by atoms with E-state index in [9.17, 15) is 18.8 Å². The Labute approximate surface area is 181 Å². The fourth-order valence-corrected chi connectivity index (χ4v) is 3.47. The molecule has 0 radical (unpaired) electrons. The highest BCUT2D eigenvalue weighted by atomic mass is 35.5. The van der Waals surface area contributed by atoms with Gasteiger partial charge in [0.2, 0.25) is 11.7 Å². The van der Waals surface area contributed by atoms with Crippen LogP contribution in [0.15, 0.2) is 53.3 Å². The van der Waals surface area contributed by atoms with Gasteiger partial charge in [0.05, 0.1) is 0 Å². The number of benzene rings is 2. The van der Waals surface area contributed by atoms with E-state index >= 15 is 0 Å². The normalized spacial score (nSPS) is 13.2. The lowest BCUT2D eigenvalue weighted by atomic mass is 10.2. The molecule has 0 saturated carbocycles. The van der Waals surface area contributed by atoms with Crippen LogP contribution < -0.4 is 11.0 Å². The van der Waals surface area contributed by atoms with Crippen molar-refractivity contribution < 1.29 is 14.0 Å². The number of hydrogen-bond acceptors (Lipinski definition) is 4. The molecule has 1 N–H and O–H groups in total. The molecule has 2 amide bonds. The van der Waals surface area contributed by atoms with Crippen molar-refractivity contribution in [1.82, 2.24) is 24.6 Å². The van der Waals surface area contributed by atoms with Crippen molar-refractivity contribution in [2.24, 2.45) is 0 Å². The van der Waals surface area contributed by atoms with E-state index < -0.39 is 23.3 Å². The lowest BCUT2D eigenvalue weighted by Crippen LogP contribution is -2.42. The van der Waals surface area contributed by atoms with Crippen LogP contribution in [0.5, 0.6) is 0 Å². The maximum atomic E-state index is 13.9. The molecule has 0 unspecified atom stereocenters. The quantitative estimate of drug-likeness (QED) is 0.629. The molecule has 10 heteroatoms. The first kappa shape index (κ1) is 20.8. The third kappa shape index (κ3) is 4.51. The molecule has 3 aromatic rings. The summed E-state index contributed by atoms with van der Waals surface area (Å²) in [6, 6.07) is 13.2. The van der Waals surface area contributed by atoms with Gasteiger partial charge in [0.1, 0.15) is 12.4 Å². The molecule has 1 aromatic heterocycles. The molecule has 160 valence electrons. The molecule has 8 nitrogen and oxygen atoms in total. The predicted molar refractivity (Wildman–Crippen MR) is 111 cm³/mol. The van der Waals surface area contributed by atoms with Crippen molar-refractivity contribution in [2.75, 3.05) is 6.54 Å². The summed E-state index contributed by atoms with van der Waals surface area (Å²) in [6.45, 7) is 0.504. The van der Waals surface area contributed by atoms with E-state index in [1.54, 1.807) is 42.5 Å². The summed E-state index contributed by atoms with van der Waals surface area (Å²) in [7, 11) is 0. The number of amides is 2. The number of fused-ring (bicyclic) bond motifs is 1. The van der Waals surface area contributed by atoms with Crippen LogP contribution >= 0.6 is 11.6 Å². The van der Waals surface area contributed by atoms with Crippen LogP contribution in [0.25, 0.3) is 0 Å². The van der Waals surface area contributed by atoms with E-state index in [2.05, 4.69) is 10.4 Å². The summed E-state index contributed by atoms with van der Waals surface area (Å²) >= 11 is 5.84. The van der Waals surface area contributed by atoms with E-state index in [0.717, 1.165) is 10.2 Å². The van der Waals surface area contributed by atoms with E-state index in [1.807, 2.05) is 0 Å². The topological polar surface area (TPSA) is 89.2 Å². The monoisotopic (exact) mass is 443 g/mol.